The summed E-state index contributed by atoms with van der Waals surface area (Å²) in [6, 6.07) is 0. The van der Waals surface area contributed by atoms with Crippen LogP contribution < -0.4 is 0 Å². The number of esters is 1. The van der Waals surface area contributed by atoms with Crippen molar-refractivity contribution in [2.75, 3.05) is 54.1 Å². The molecule has 0 aliphatic carbocycles. The number of quaternary nitrogens is 1. The lowest BCUT2D eigenvalue weighted by Crippen LogP contribution is -2.37. The molecule has 9 heteroatoms. The first kappa shape index (κ1) is 54.2. The second-order valence-corrected chi connectivity index (χ2v) is 18.6. The fourth-order valence-corrected chi connectivity index (χ4v) is 7.41. The number of nitrogens with zero attached hydrogens (tertiary/aromatic N) is 1. The van der Waals surface area contributed by atoms with E-state index < -0.39 is 13.9 Å². The van der Waals surface area contributed by atoms with E-state index in [0.717, 1.165) is 38.5 Å². The van der Waals surface area contributed by atoms with E-state index in [-0.39, 0.29) is 25.8 Å². The summed E-state index contributed by atoms with van der Waals surface area (Å²) in [5, 5.41) is 0. The zero-order valence-electron chi connectivity index (χ0n) is 37.2. The molecule has 55 heavy (non-hydrogen) atoms. The second-order valence-electron chi connectivity index (χ2n) is 17.1. The van der Waals surface area contributed by atoms with Crippen LogP contribution in [-0.2, 0) is 27.9 Å². The number of phosphoric acid groups is 1. The molecule has 0 heterocycles. The van der Waals surface area contributed by atoms with Gasteiger partial charge in [0.25, 0.3) is 0 Å². The first-order valence-electron chi connectivity index (χ1n) is 23.4. The van der Waals surface area contributed by atoms with E-state index in [9.17, 15) is 14.3 Å². The van der Waals surface area contributed by atoms with Gasteiger partial charge in [-0.1, -0.05) is 187 Å². The van der Waals surface area contributed by atoms with Crippen molar-refractivity contribution >= 4 is 13.8 Å². The third kappa shape index (κ3) is 44.2. The number of unbranched alkanes of at least 4 members (excludes halogenated alkanes) is 28. The Morgan fingerprint density at radius 1 is 0.545 bits per heavy atom. The fourth-order valence-electron chi connectivity index (χ4n) is 6.67. The Morgan fingerprint density at radius 2 is 0.945 bits per heavy atom. The van der Waals surface area contributed by atoms with E-state index >= 15 is 0 Å². The topological polar surface area (TPSA) is 91.3 Å². The molecule has 0 bridgehead atoms. The van der Waals surface area contributed by atoms with Crippen LogP contribution in [0, 0.1) is 0 Å². The SMILES string of the molecule is CCCCCCCCC/C=C\CCCCCCCC(=O)OC(COCCCCCCCCCCCCCCCCCCC)COP(=O)(O)OCC[N+](C)(C)C. The van der Waals surface area contributed by atoms with Gasteiger partial charge in [-0.25, -0.2) is 4.57 Å². The van der Waals surface area contributed by atoms with Crippen LogP contribution in [0.2, 0.25) is 0 Å². The molecule has 8 nitrogen and oxygen atoms in total. The molecule has 0 spiro atoms. The third-order valence-corrected chi connectivity index (χ3v) is 11.3. The summed E-state index contributed by atoms with van der Waals surface area (Å²) in [7, 11) is 1.67. The van der Waals surface area contributed by atoms with Gasteiger partial charge in [-0.15, -0.1) is 0 Å². The molecule has 2 atom stereocenters. The Hall–Kier alpha value is -0.760. The molecule has 0 aromatic heterocycles. The summed E-state index contributed by atoms with van der Waals surface area (Å²) in [5.74, 6) is -0.318. The van der Waals surface area contributed by atoms with Gasteiger partial charge in [-0.2, -0.15) is 0 Å². The van der Waals surface area contributed by atoms with Gasteiger partial charge < -0.3 is 18.9 Å². The van der Waals surface area contributed by atoms with E-state index in [0.29, 0.717) is 24.1 Å². The maximum atomic E-state index is 12.7. The molecule has 0 saturated heterocycles. The standard InChI is InChI=1S/C46H92NO7P/c1-6-8-10-12-14-16-18-20-22-24-26-28-30-32-34-36-38-41-51-43-45(44-53-55(49,50)52-42-40-47(3,4)5)54-46(48)39-37-35-33-31-29-27-25-23-21-19-17-15-13-11-9-7-2/h23,25,45H,6-22,24,26-44H2,1-5H3/p+1/b25-23-. The van der Waals surface area contributed by atoms with Crippen molar-refractivity contribution in [1.82, 2.24) is 0 Å². The number of hydrogen-bond acceptors (Lipinski definition) is 6. The van der Waals surface area contributed by atoms with Crippen LogP contribution in [0.1, 0.15) is 219 Å². The molecule has 1 N–H and O–H groups in total. The average Bonchev–Trinajstić information content (AvgIpc) is 3.13. The molecule has 0 saturated carbocycles. The van der Waals surface area contributed by atoms with E-state index in [4.69, 9.17) is 18.5 Å². The van der Waals surface area contributed by atoms with Gasteiger partial charge in [0.1, 0.15) is 19.3 Å². The summed E-state index contributed by atoms with van der Waals surface area (Å²) in [6.45, 7) is 5.66. The van der Waals surface area contributed by atoms with Gasteiger partial charge >= 0.3 is 13.8 Å². The molecular weight excluding hydrogens is 709 g/mol. The number of rotatable bonds is 44. The lowest BCUT2D eigenvalue weighted by Gasteiger charge is -2.24. The van der Waals surface area contributed by atoms with Crippen LogP contribution in [0.4, 0.5) is 0 Å². The van der Waals surface area contributed by atoms with Gasteiger partial charge in [0.05, 0.1) is 34.4 Å². The van der Waals surface area contributed by atoms with Crippen LogP contribution in [0.25, 0.3) is 0 Å². The van der Waals surface area contributed by atoms with Crippen molar-refractivity contribution in [1.29, 1.82) is 0 Å². The minimum absolute atomic E-state index is 0.0904. The summed E-state index contributed by atoms with van der Waals surface area (Å²) >= 11 is 0. The highest BCUT2D eigenvalue weighted by molar-refractivity contribution is 7.47. The molecule has 0 rings (SSSR count). The van der Waals surface area contributed by atoms with Crippen molar-refractivity contribution in [3.05, 3.63) is 12.2 Å². The van der Waals surface area contributed by atoms with Gasteiger partial charge in [-0.3, -0.25) is 13.8 Å². The molecule has 0 amide bonds. The van der Waals surface area contributed by atoms with Crippen molar-refractivity contribution in [3.63, 3.8) is 0 Å². The number of allylic oxidation sites excluding steroid dienone is 2. The fraction of sp³-hybridized carbons (Fsp3) is 0.935. The second kappa shape index (κ2) is 40.0. The summed E-state index contributed by atoms with van der Waals surface area (Å²) in [6.07, 6.45) is 43.8. The number of hydrogen-bond donors (Lipinski definition) is 1. The van der Waals surface area contributed by atoms with Crippen molar-refractivity contribution < 1.29 is 37.3 Å². The number of likely N-dealkylation sites (N-methyl/N-ethyl adjacent to an activating group) is 1. The van der Waals surface area contributed by atoms with Crippen LogP contribution in [0.5, 0.6) is 0 Å². The molecule has 328 valence electrons. The average molecular weight is 803 g/mol. The highest BCUT2D eigenvalue weighted by Crippen LogP contribution is 2.43. The number of carbonyl (C=O) groups is 1. The predicted molar refractivity (Wildman–Crippen MR) is 234 cm³/mol. The molecule has 0 fully saturated rings. The summed E-state index contributed by atoms with van der Waals surface area (Å²) in [4.78, 5) is 22.9. The summed E-state index contributed by atoms with van der Waals surface area (Å²) in [5.41, 5.74) is 0. The van der Waals surface area contributed by atoms with Crippen LogP contribution in [-0.4, -0.2) is 75.6 Å². The van der Waals surface area contributed by atoms with Gasteiger partial charge in [0.2, 0.25) is 0 Å². The lowest BCUT2D eigenvalue weighted by molar-refractivity contribution is -0.870. The zero-order chi connectivity index (χ0) is 40.6. The van der Waals surface area contributed by atoms with Crippen LogP contribution >= 0.6 is 7.82 Å². The molecular formula is C46H93NO7P+. The number of phosphoric ester groups is 1. The van der Waals surface area contributed by atoms with E-state index in [1.165, 1.54) is 161 Å². The van der Waals surface area contributed by atoms with Gasteiger partial charge in [0, 0.05) is 13.0 Å². The first-order valence-corrected chi connectivity index (χ1v) is 24.9. The molecule has 0 radical (unpaired) electrons. The normalized spacial score (nSPS) is 13.8. The smallest absolute Gasteiger partial charge is 0.457 e. The monoisotopic (exact) mass is 803 g/mol. The van der Waals surface area contributed by atoms with Crippen LogP contribution in [0.3, 0.4) is 0 Å². The maximum absolute atomic E-state index is 12.7. The van der Waals surface area contributed by atoms with E-state index in [2.05, 4.69) is 26.0 Å². The Labute approximate surface area is 341 Å². The third-order valence-electron chi connectivity index (χ3n) is 10.3. The highest BCUT2D eigenvalue weighted by Gasteiger charge is 2.26. The largest absolute Gasteiger partial charge is 0.472 e. The lowest BCUT2D eigenvalue weighted by atomic mass is 10.0. The first-order chi connectivity index (χ1) is 26.6. The molecule has 0 aliphatic rings. The van der Waals surface area contributed by atoms with Crippen molar-refractivity contribution in [2.24, 2.45) is 0 Å². The highest BCUT2D eigenvalue weighted by atomic mass is 31.2. The van der Waals surface area contributed by atoms with E-state index in [1.807, 2.05) is 21.1 Å². The minimum Gasteiger partial charge on any atom is -0.457 e. The molecule has 0 aromatic rings. The quantitative estimate of drug-likeness (QED) is 0.0216. The molecule has 0 aliphatic heterocycles. The zero-order valence-corrected chi connectivity index (χ0v) is 38.1. The Balaban J connectivity index is 4.18. The van der Waals surface area contributed by atoms with Crippen LogP contribution in [0.15, 0.2) is 12.2 Å². The van der Waals surface area contributed by atoms with Gasteiger partial charge in [-0.05, 0) is 38.5 Å². The van der Waals surface area contributed by atoms with Crippen molar-refractivity contribution in [2.45, 2.75) is 225 Å². The molecule has 0 aromatic carbocycles. The van der Waals surface area contributed by atoms with Crippen molar-refractivity contribution in [3.8, 4) is 0 Å². The summed E-state index contributed by atoms with van der Waals surface area (Å²) < 4.78 is 35.1. The Morgan fingerprint density at radius 3 is 1.38 bits per heavy atom. The number of ether oxygens (including phenoxy) is 2. The maximum Gasteiger partial charge on any atom is 0.472 e. The predicted octanol–water partition coefficient (Wildman–Crippen LogP) is 13.8. The van der Waals surface area contributed by atoms with Gasteiger partial charge in [0.15, 0.2) is 0 Å². The minimum atomic E-state index is -4.27. The number of carbonyl (C=O) groups excluding carboxylic acids is 1. The van der Waals surface area contributed by atoms with E-state index in [1.54, 1.807) is 0 Å². The Bertz CT molecular complexity index is 894. The Kier molecular flexibility index (Phi) is 39.5. The molecule has 2 unspecified atom stereocenters.